The molecule has 1 saturated carbocycles. The zero-order valence-electron chi connectivity index (χ0n) is 11.5. The highest BCUT2D eigenvalue weighted by Gasteiger charge is 2.41. The molecule has 1 fully saturated rings. The third kappa shape index (κ3) is 2.35. The van der Waals surface area contributed by atoms with E-state index in [1.807, 2.05) is 0 Å². The van der Waals surface area contributed by atoms with E-state index in [9.17, 15) is 14.7 Å². The summed E-state index contributed by atoms with van der Waals surface area (Å²) in [6.45, 7) is 0. The van der Waals surface area contributed by atoms with Crippen LogP contribution >= 0.6 is 0 Å². The molecule has 110 valence electrons. The second kappa shape index (κ2) is 5.16. The number of carbonyl (C=O) groups is 2. The second-order valence-electron chi connectivity index (χ2n) is 5.37. The zero-order valence-corrected chi connectivity index (χ0v) is 11.5. The number of aromatic nitrogens is 3. The summed E-state index contributed by atoms with van der Waals surface area (Å²) in [5.74, 6) is -1.38. The minimum Gasteiger partial charge on any atom is -0.480 e. The first-order valence-electron chi connectivity index (χ1n) is 6.96. The van der Waals surface area contributed by atoms with Crippen molar-refractivity contribution < 1.29 is 14.7 Å². The number of fused-ring (bicyclic) bond motifs is 1. The van der Waals surface area contributed by atoms with Gasteiger partial charge in [0.2, 0.25) is 0 Å². The number of carboxylic acids is 1. The first kappa shape index (κ1) is 13.5. The molecule has 2 heterocycles. The Balaban J connectivity index is 1.89. The Kier molecular flexibility index (Phi) is 3.32. The normalized spacial score (nSPS) is 17.5. The standard InChI is InChI=1S/C14H16N4O3/c19-12(10-8-16-18-7-6-15-9-11(10)18)17-14(13(20)21)4-2-1-3-5-14/h6-9H,1-5H2,(H,17,19)(H,20,21). The molecule has 0 bridgehead atoms. The van der Waals surface area contributed by atoms with Crippen LogP contribution in [0.4, 0.5) is 0 Å². The monoisotopic (exact) mass is 288 g/mol. The van der Waals surface area contributed by atoms with E-state index in [0.717, 1.165) is 19.3 Å². The third-order valence-corrected chi connectivity index (χ3v) is 4.04. The zero-order chi connectivity index (χ0) is 14.9. The highest BCUT2D eigenvalue weighted by molar-refractivity contribution is 6.02. The number of rotatable bonds is 3. The molecule has 1 aliphatic carbocycles. The average molecular weight is 288 g/mol. The van der Waals surface area contributed by atoms with Crippen LogP contribution in [0.3, 0.4) is 0 Å². The maximum Gasteiger partial charge on any atom is 0.329 e. The molecule has 1 aliphatic rings. The molecule has 0 spiro atoms. The van der Waals surface area contributed by atoms with Crippen molar-refractivity contribution in [3.63, 3.8) is 0 Å². The van der Waals surface area contributed by atoms with Gasteiger partial charge in [-0.2, -0.15) is 5.10 Å². The van der Waals surface area contributed by atoms with Gasteiger partial charge in [-0.05, 0) is 12.8 Å². The van der Waals surface area contributed by atoms with Crippen LogP contribution in [-0.2, 0) is 4.79 Å². The van der Waals surface area contributed by atoms with Crippen molar-refractivity contribution >= 4 is 17.4 Å². The number of carbonyl (C=O) groups excluding carboxylic acids is 1. The SMILES string of the molecule is O=C(NC1(C(=O)O)CCCCC1)c1cnn2ccncc12. The molecule has 0 radical (unpaired) electrons. The van der Waals surface area contributed by atoms with E-state index in [1.54, 1.807) is 12.4 Å². The molecular formula is C14H16N4O3. The average Bonchev–Trinajstić information content (AvgIpc) is 2.92. The van der Waals surface area contributed by atoms with Crippen LogP contribution in [0.15, 0.2) is 24.8 Å². The van der Waals surface area contributed by atoms with Gasteiger partial charge in [0.15, 0.2) is 0 Å². The molecule has 3 rings (SSSR count). The van der Waals surface area contributed by atoms with E-state index in [0.29, 0.717) is 23.9 Å². The smallest absolute Gasteiger partial charge is 0.329 e. The summed E-state index contributed by atoms with van der Waals surface area (Å²) in [6, 6.07) is 0. The van der Waals surface area contributed by atoms with Gasteiger partial charge in [0.1, 0.15) is 5.54 Å². The molecule has 0 unspecified atom stereocenters. The van der Waals surface area contributed by atoms with Crippen LogP contribution in [0.1, 0.15) is 42.5 Å². The molecule has 2 N–H and O–H groups in total. The number of nitrogens with one attached hydrogen (secondary N) is 1. The van der Waals surface area contributed by atoms with Crippen molar-refractivity contribution in [1.82, 2.24) is 19.9 Å². The van der Waals surface area contributed by atoms with Crippen LogP contribution in [-0.4, -0.2) is 37.1 Å². The summed E-state index contributed by atoms with van der Waals surface area (Å²) in [5.41, 5.74) is -0.258. The predicted octanol–water partition coefficient (Wildman–Crippen LogP) is 1.25. The van der Waals surface area contributed by atoms with Crippen molar-refractivity contribution in [3.8, 4) is 0 Å². The summed E-state index contributed by atoms with van der Waals surface area (Å²) < 4.78 is 1.54. The van der Waals surface area contributed by atoms with Gasteiger partial charge in [-0.1, -0.05) is 19.3 Å². The summed E-state index contributed by atoms with van der Waals surface area (Å²) in [5, 5.41) is 16.3. The Labute approximate surface area is 121 Å². The van der Waals surface area contributed by atoms with Crippen molar-refractivity contribution in [3.05, 3.63) is 30.4 Å². The molecule has 0 aromatic carbocycles. The molecule has 7 nitrogen and oxygen atoms in total. The topological polar surface area (TPSA) is 96.6 Å². The van der Waals surface area contributed by atoms with Crippen LogP contribution in [0.2, 0.25) is 0 Å². The lowest BCUT2D eigenvalue weighted by molar-refractivity contribution is -0.145. The number of carboxylic acid groups (broad SMARTS) is 1. The van der Waals surface area contributed by atoms with Crippen LogP contribution < -0.4 is 5.32 Å². The lowest BCUT2D eigenvalue weighted by Crippen LogP contribution is -2.55. The molecular weight excluding hydrogens is 272 g/mol. The number of hydrogen-bond donors (Lipinski definition) is 2. The molecule has 0 aliphatic heterocycles. The van der Waals surface area contributed by atoms with Crippen LogP contribution in [0.5, 0.6) is 0 Å². The van der Waals surface area contributed by atoms with Crippen molar-refractivity contribution in [2.45, 2.75) is 37.6 Å². The number of nitrogens with zero attached hydrogens (tertiary/aromatic N) is 3. The minimum atomic E-state index is -1.16. The van der Waals surface area contributed by atoms with E-state index in [2.05, 4.69) is 15.4 Å². The van der Waals surface area contributed by atoms with E-state index in [4.69, 9.17) is 0 Å². The summed E-state index contributed by atoms with van der Waals surface area (Å²) in [4.78, 5) is 28.0. The van der Waals surface area contributed by atoms with Crippen molar-refractivity contribution in [2.75, 3.05) is 0 Å². The van der Waals surface area contributed by atoms with Gasteiger partial charge in [-0.3, -0.25) is 9.78 Å². The third-order valence-electron chi connectivity index (χ3n) is 4.04. The molecule has 21 heavy (non-hydrogen) atoms. The Bertz CT molecular complexity index is 688. The molecule has 0 saturated heterocycles. The van der Waals surface area contributed by atoms with Crippen LogP contribution in [0.25, 0.3) is 5.52 Å². The van der Waals surface area contributed by atoms with E-state index >= 15 is 0 Å². The van der Waals surface area contributed by atoms with Gasteiger partial charge in [0.25, 0.3) is 5.91 Å². The highest BCUT2D eigenvalue weighted by Crippen LogP contribution is 2.29. The fourth-order valence-electron chi connectivity index (χ4n) is 2.84. The number of hydrogen-bond acceptors (Lipinski definition) is 4. The van der Waals surface area contributed by atoms with Gasteiger partial charge in [0.05, 0.1) is 23.5 Å². The van der Waals surface area contributed by atoms with Gasteiger partial charge in [-0.15, -0.1) is 0 Å². The molecule has 1 amide bonds. The first-order valence-corrected chi connectivity index (χ1v) is 6.96. The molecule has 2 aromatic heterocycles. The van der Waals surface area contributed by atoms with Crippen molar-refractivity contribution in [2.24, 2.45) is 0 Å². The quantitative estimate of drug-likeness (QED) is 0.886. The molecule has 7 heteroatoms. The lowest BCUT2D eigenvalue weighted by atomic mass is 9.81. The largest absolute Gasteiger partial charge is 0.480 e. The summed E-state index contributed by atoms with van der Waals surface area (Å²) in [6.07, 6.45) is 9.73. The Morgan fingerprint density at radius 1 is 1.24 bits per heavy atom. The lowest BCUT2D eigenvalue weighted by Gasteiger charge is -2.33. The fraction of sp³-hybridized carbons (Fsp3) is 0.429. The maximum atomic E-state index is 12.4. The van der Waals surface area contributed by atoms with E-state index in [-0.39, 0.29) is 0 Å². The highest BCUT2D eigenvalue weighted by atomic mass is 16.4. The van der Waals surface area contributed by atoms with E-state index in [1.165, 1.54) is 16.9 Å². The van der Waals surface area contributed by atoms with Gasteiger partial charge in [-0.25, -0.2) is 9.31 Å². The maximum absolute atomic E-state index is 12.4. The van der Waals surface area contributed by atoms with Gasteiger partial charge >= 0.3 is 5.97 Å². The minimum absolute atomic E-state index is 0.342. The Morgan fingerprint density at radius 3 is 2.71 bits per heavy atom. The second-order valence-corrected chi connectivity index (χ2v) is 5.37. The van der Waals surface area contributed by atoms with Gasteiger partial charge < -0.3 is 10.4 Å². The predicted molar refractivity (Wildman–Crippen MR) is 73.9 cm³/mol. The number of amides is 1. The summed E-state index contributed by atoms with van der Waals surface area (Å²) in [7, 11) is 0. The number of aliphatic carboxylic acids is 1. The molecule has 2 aromatic rings. The Morgan fingerprint density at radius 2 is 2.00 bits per heavy atom. The Hall–Kier alpha value is -2.44. The fourth-order valence-corrected chi connectivity index (χ4v) is 2.84. The van der Waals surface area contributed by atoms with Gasteiger partial charge in [0, 0.05) is 12.4 Å². The summed E-state index contributed by atoms with van der Waals surface area (Å²) >= 11 is 0. The van der Waals surface area contributed by atoms with Crippen molar-refractivity contribution in [1.29, 1.82) is 0 Å². The van der Waals surface area contributed by atoms with Crippen LogP contribution in [0, 0.1) is 0 Å². The molecule has 0 atom stereocenters. The van der Waals surface area contributed by atoms with E-state index < -0.39 is 17.4 Å². The first-order chi connectivity index (χ1) is 10.1.